The molecule has 0 aromatic heterocycles. The van der Waals surface area contributed by atoms with Crippen molar-refractivity contribution < 1.29 is 9.47 Å². The maximum absolute atomic E-state index is 6.35. The smallest absolute Gasteiger partial charge is 0.0927 e. The average molecular weight is 274 g/mol. The van der Waals surface area contributed by atoms with Crippen LogP contribution in [0.15, 0.2) is 11.8 Å². The van der Waals surface area contributed by atoms with Crippen molar-refractivity contribution in [2.75, 3.05) is 6.61 Å². The van der Waals surface area contributed by atoms with Gasteiger partial charge in [-0.1, -0.05) is 0 Å². The molecule has 2 heterocycles. The van der Waals surface area contributed by atoms with Crippen molar-refractivity contribution >= 4 is 0 Å². The van der Waals surface area contributed by atoms with Crippen molar-refractivity contribution in [3.8, 4) is 0 Å². The first kappa shape index (κ1) is 12.1. The first-order valence-corrected chi connectivity index (χ1v) is 8.85. The third-order valence-electron chi connectivity index (χ3n) is 6.99. The van der Waals surface area contributed by atoms with E-state index in [-0.39, 0.29) is 0 Å². The topological polar surface area (TPSA) is 18.5 Å². The van der Waals surface area contributed by atoms with Gasteiger partial charge in [0.1, 0.15) is 0 Å². The van der Waals surface area contributed by atoms with Crippen LogP contribution in [0.1, 0.15) is 51.4 Å². The number of fused-ring (bicyclic) bond motifs is 9. The SMILES string of the molecule is C(OCC1CC2OC1C1C3CCC(C3)C21)=C1CCCC1. The molecule has 0 radical (unpaired) electrons. The number of allylic oxidation sites excluding steroid dienone is 1. The van der Waals surface area contributed by atoms with Crippen LogP contribution >= 0.6 is 0 Å². The molecule has 0 amide bonds. The molecule has 110 valence electrons. The van der Waals surface area contributed by atoms with Crippen LogP contribution in [0, 0.1) is 29.6 Å². The zero-order valence-corrected chi connectivity index (χ0v) is 12.3. The Labute approximate surface area is 121 Å². The highest BCUT2D eigenvalue weighted by atomic mass is 16.5. The number of hydrogen-bond acceptors (Lipinski definition) is 2. The molecule has 0 aromatic carbocycles. The Bertz CT molecular complexity index is 421. The van der Waals surface area contributed by atoms with Crippen LogP contribution in [0.25, 0.3) is 0 Å². The van der Waals surface area contributed by atoms with Crippen molar-refractivity contribution in [1.82, 2.24) is 0 Å². The average Bonchev–Trinajstić information content (AvgIpc) is 3.24. The number of ether oxygens (including phenoxy) is 2. The molecule has 7 atom stereocenters. The Morgan fingerprint density at radius 2 is 1.85 bits per heavy atom. The van der Waals surface area contributed by atoms with Crippen LogP contribution in [0.5, 0.6) is 0 Å². The third kappa shape index (κ3) is 1.66. The third-order valence-corrected chi connectivity index (χ3v) is 6.99. The molecule has 2 aliphatic heterocycles. The minimum absolute atomic E-state index is 0.544. The Balaban J connectivity index is 1.23. The molecule has 2 saturated heterocycles. The van der Waals surface area contributed by atoms with E-state index in [1.165, 1.54) is 56.9 Å². The normalized spacial score (nSPS) is 51.8. The minimum Gasteiger partial charge on any atom is -0.501 e. The first-order chi connectivity index (χ1) is 9.90. The molecule has 4 bridgehead atoms. The van der Waals surface area contributed by atoms with Crippen molar-refractivity contribution in [3.05, 3.63) is 11.8 Å². The standard InChI is InChI=1S/C18H26O2/c1-2-4-11(3-1)9-19-10-14-8-15-16-12-5-6-13(7-12)17(16)18(14)20-15/h9,12-18H,1-8,10H2. The van der Waals surface area contributed by atoms with Crippen LogP contribution in [-0.4, -0.2) is 18.8 Å². The number of hydrogen-bond donors (Lipinski definition) is 0. The highest BCUT2D eigenvalue weighted by Crippen LogP contribution is 2.63. The molecule has 3 aliphatic carbocycles. The summed E-state index contributed by atoms with van der Waals surface area (Å²) in [5.74, 6) is 4.53. The van der Waals surface area contributed by atoms with Gasteiger partial charge in [-0.15, -0.1) is 0 Å². The summed E-state index contributed by atoms with van der Waals surface area (Å²) < 4.78 is 12.3. The molecule has 0 aromatic rings. The second kappa shape index (κ2) is 4.50. The fourth-order valence-corrected chi connectivity index (χ4v) is 6.27. The minimum atomic E-state index is 0.544. The van der Waals surface area contributed by atoms with Crippen molar-refractivity contribution in [3.63, 3.8) is 0 Å². The lowest BCUT2D eigenvalue weighted by molar-refractivity contribution is 0.0444. The van der Waals surface area contributed by atoms with E-state index in [2.05, 4.69) is 6.26 Å². The summed E-state index contributed by atoms with van der Waals surface area (Å²) in [5.41, 5.74) is 1.53. The van der Waals surface area contributed by atoms with E-state index in [0.717, 1.165) is 30.3 Å². The van der Waals surface area contributed by atoms with Gasteiger partial charge >= 0.3 is 0 Å². The van der Waals surface area contributed by atoms with Crippen LogP contribution in [0.2, 0.25) is 0 Å². The quantitative estimate of drug-likeness (QED) is 0.726. The molecule has 0 spiro atoms. The lowest BCUT2D eigenvalue weighted by Crippen LogP contribution is -2.38. The molecule has 5 rings (SSSR count). The summed E-state index contributed by atoms with van der Waals surface area (Å²) in [4.78, 5) is 0. The van der Waals surface area contributed by atoms with Crippen LogP contribution in [0.3, 0.4) is 0 Å². The second-order valence-corrected chi connectivity index (χ2v) is 7.94. The van der Waals surface area contributed by atoms with E-state index in [1.807, 2.05) is 0 Å². The monoisotopic (exact) mass is 274 g/mol. The molecule has 20 heavy (non-hydrogen) atoms. The second-order valence-electron chi connectivity index (χ2n) is 7.94. The lowest BCUT2D eigenvalue weighted by Gasteiger charge is -2.35. The fourth-order valence-electron chi connectivity index (χ4n) is 6.27. The van der Waals surface area contributed by atoms with Crippen molar-refractivity contribution in [2.24, 2.45) is 29.6 Å². The zero-order valence-electron chi connectivity index (χ0n) is 12.3. The Hall–Kier alpha value is -0.500. The van der Waals surface area contributed by atoms with Crippen LogP contribution < -0.4 is 0 Å². The van der Waals surface area contributed by atoms with Gasteiger partial charge in [0.25, 0.3) is 0 Å². The molecular weight excluding hydrogens is 248 g/mol. The first-order valence-electron chi connectivity index (χ1n) is 8.85. The van der Waals surface area contributed by atoms with Gasteiger partial charge in [0.2, 0.25) is 0 Å². The van der Waals surface area contributed by atoms with Gasteiger partial charge in [0, 0.05) is 5.92 Å². The molecule has 7 unspecified atom stereocenters. The van der Waals surface area contributed by atoms with E-state index in [9.17, 15) is 0 Å². The zero-order chi connectivity index (χ0) is 13.1. The molecule has 5 fully saturated rings. The van der Waals surface area contributed by atoms with E-state index in [4.69, 9.17) is 9.47 Å². The van der Waals surface area contributed by atoms with E-state index in [0.29, 0.717) is 18.1 Å². The Morgan fingerprint density at radius 1 is 1.05 bits per heavy atom. The Kier molecular flexibility index (Phi) is 2.72. The molecule has 5 aliphatic rings. The predicted octanol–water partition coefficient (Wildman–Crippen LogP) is 3.91. The molecular formula is C18H26O2. The van der Waals surface area contributed by atoms with Gasteiger partial charge < -0.3 is 9.47 Å². The largest absolute Gasteiger partial charge is 0.501 e. The van der Waals surface area contributed by atoms with Crippen molar-refractivity contribution in [2.45, 2.75) is 63.6 Å². The molecule has 3 saturated carbocycles. The van der Waals surface area contributed by atoms with E-state index < -0.39 is 0 Å². The molecule has 0 N–H and O–H groups in total. The summed E-state index contributed by atoms with van der Waals surface area (Å²) >= 11 is 0. The van der Waals surface area contributed by atoms with Gasteiger partial charge in [-0.25, -0.2) is 0 Å². The van der Waals surface area contributed by atoms with Gasteiger partial charge in [-0.3, -0.25) is 0 Å². The summed E-state index contributed by atoms with van der Waals surface area (Å²) in [6.45, 7) is 0.908. The molecule has 2 heteroatoms. The summed E-state index contributed by atoms with van der Waals surface area (Å²) in [6.07, 6.45) is 14.2. The van der Waals surface area contributed by atoms with Crippen LogP contribution in [0.4, 0.5) is 0 Å². The fraction of sp³-hybridized carbons (Fsp3) is 0.889. The van der Waals surface area contributed by atoms with Gasteiger partial charge in [-0.2, -0.15) is 0 Å². The maximum Gasteiger partial charge on any atom is 0.0927 e. The lowest BCUT2D eigenvalue weighted by atomic mass is 9.68. The maximum atomic E-state index is 6.35. The van der Waals surface area contributed by atoms with E-state index in [1.54, 1.807) is 0 Å². The van der Waals surface area contributed by atoms with Crippen LogP contribution in [-0.2, 0) is 9.47 Å². The Morgan fingerprint density at radius 3 is 2.70 bits per heavy atom. The summed E-state index contributed by atoms with van der Waals surface area (Å²) in [7, 11) is 0. The summed E-state index contributed by atoms with van der Waals surface area (Å²) in [6, 6.07) is 0. The summed E-state index contributed by atoms with van der Waals surface area (Å²) in [5, 5.41) is 0. The van der Waals surface area contributed by atoms with Crippen molar-refractivity contribution in [1.29, 1.82) is 0 Å². The van der Waals surface area contributed by atoms with Gasteiger partial charge in [-0.05, 0) is 80.6 Å². The molecule has 2 nitrogen and oxygen atoms in total. The van der Waals surface area contributed by atoms with E-state index >= 15 is 0 Å². The van der Waals surface area contributed by atoms with Gasteiger partial charge in [0.15, 0.2) is 0 Å². The predicted molar refractivity (Wildman–Crippen MR) is 77.1 cm³/mol. The highest BCUT2D eigenvalue weighted by Gasteiger charge is 2.63. The number of rotatable bonds is 3. The highest BCUT2D eigenvalue weighted by molar-refractivity contribution is 5.11. The van der Waals surface area contributed by atoms with Gasteiger partial charge in [0.05, 0.1) is 25.1 Å².